The van der Waals surface area contributed by atoms with E-state index in [1.807, 2.05) is 12.1 Å². The number of nitrogens with one attached hydrogen (secondary N) is 1. The number of halogens is 1. The molecule has 9 heteroatoms. The summed E-state index contributed by atoms with van der Waals surface area (Å²) in [6.07, 6.45) is 0.973. The third kappa shape index (κ3) is 5.44. The van der Waals surface area contributed by atoms with Crippen LogP contribution < -0.4 is 15.8 Å². The predicted octanol–water partition coefficient (Wildman–Crippen LogP) is 1.91. The largest absolute Gasteiger partial charge is 0.480 e. The monoisotopic (exact) mass is 432 g/mol. The van der Waals surface area contributed by atoms with Crippen molar-refractivity contribution >= 4 is 29.8 Å². The van der Waals surface area contributed by atoms with Crippen LogP contribution in [-0.2, 0) is 27.2 Å². The topological polar surface area (TPSA) is 119 Å². The molecule has 30 heavy (non-hydrogen) atoms. The zero-order chi connectivity index (χ0) is 21.7. The van der Waals surface area contributed by atoms with E-state index in [1.54, 1.807) is 30.0 Å². The first-order valence-corrected chi connectivity index (χ1v) is 10.3. The number of ketones is 1. The molecule has 0 aromatic heterocycles. The van der Waals surface area contributed by atoms with Gasteiger partial charge in [0.05, 0.1) is 6.04 Å². The highest BCUT2D eigenvalue weighted by molar-refractivity contribution is 8.00. The Morgan fingerprint density at radius 1 is 1.27 bits per heavy atom. The molecule has 158 valence electrons. The highest BCUT2D eigenvalue weighted by Gasteiger charge is 2.32. The lowest BCUT2D eigenvalue weighted by atomic mass is 10.0. The van der Waals surface area contributed by atoms with Gasteiger partial charge in [-0.2, -0.15) is 0 Å². The van der Waals surface area contributed by atoms with Crippen molar-refractivity contribution in [2.24, 2.45) is 5.73 Å². The number of aliphatic carboxylic acids is 1. The fraction of sp³-hybridized carbons (Fsp3) is 0.286. The molecule has 3 rings (SSSR count). The summed E-state index contributed by atoms with van der Waals surface area (Å²) in [7, 11) is 0. The molecule has 1 heterocycles. The van der Waals surface area contributed by atoms with Crippen molar-refractivity contribution in [3.63, 3.8) is 0 Å². The number of hydrogen-bond donors (Lipinski definition) is 3. The number of thioether (sulfide) groups is 1. The van der Waals surface area contributed by atoms with Gasteiger partial charge in [-0.3, -0.25) is 19.7 Å². The maximum atomic E-state index is 14.3. The second-order valence-corrected chi connectivity index (χ2v) is 8.14. The first-order chi connectivity index (χ1) is 14.4. The molecule has 0 spiro atoms. The van der Waals surface area contributed by atoms with Crippen LogP contribution in [0.2, 0.25) is 0 Å². The molecule has 1 saturated heterocycles. The third-order valence-electron chi connectivity index (χ3n) is 4.75. The van der Waals surface area contributed by atoms with Gasteiger partial charge < -0.3 is 15.6 Å². The van der Waals surface area contributed by atoms with Crippen LogP contribution in [0.3, 0.4) is 0 Å². The maximum absolute atomic E-state index is 14.3. The van der Waals surface area contributed by atoms with Gasteiger partial charge in [0.1, 0.15) is 11.8 Å². The van der Waals surface area contributed by atoms with E-state index in [9.17, 15) is 18.8 Å². The SMILES string of the molecule is NC(Cc1ccc(Oc2ccc(CC3SCNC3C(=O)C=O)cc2)c(F)c1)C(=O)O. The molecule has 0 saturated carbocycles. The third-order valence-corrected chi connectivity index (χ3v) is 5.95. The van der Waals surface area contributed by atoms with Crippen LogP contribution in [0.1, 0.15) is 11.1 Å². The van der Waals surface area contributed by atoms with E-state index >= 15 is 0 Å². The van der Waals surface area contributed by atoms with Gasteiger partial charge in [0.2, 0.25) is 5.78 Å². The molecule has 7 nitrogen and oxygen atoms in total. The molecule has 1 aliphatic heterocycles. The molecular formula is C21H21FN2O5S. The maximum Gasteiger partial charge on any atom is 0.320 e. The Balaban J connectivity index is 1.62. The molecular weight excluding hydrogens is 411 g/mol. The summed E-state index contributed by atoms with van der Waals surface area (Å²) in [6.45, 7) is 0. The van der Waals surface area contributed by atoms with Crippen molar-refractivity contribution in [2.75, 3.05) is 5.88 Å². The average molecular weight is 432 g/mol. The van der Waals surface area contributed by atoms with E-state index in [-0.39, 0.29) is 17.4 Å². The number of nitrogens with two attached hydrogens (primary N) is 1. The van der Waals surface area contributed by atoms with Gasteiger partial charge in [0.15, 0.2) is 17.9 Å². The molecule has 1 fully saturated rings. The molecule has 4 N–H and O–H groups in total. The highest BCUT2D eigenvalue weighted by atomic mass is 32.2. The lowest BCUT2D eigenvalue weighted by molar-refractivity contribution is -0.138. The zero-order valence-corrected chi connectivity index (χ0v) is 16.7. The molecule has 3 unspecified atom stereocenters. The summed E-state index contributed by atoms with van der Waals surface area (Å²) in [4.78, 5) is 33.3. The number of carboxylic acid groups (broad SMARTS) is 1. The number of carbonyl (C=O) groups is 3. The predicted molar refractivity (Wildman–Crippen MR) is 110 cm³/mol. The van der Waals surface area contributed by atoms with E-state index < -0.39 is 29.7 Å². The van der Waals surface area contributed by atoms with Gasteiger partial charge in [0.25, 0.3) is 0 Å². The van der Waals surface area contributed by atoms with E-state index in [2.05, 4.69) is 5.32 Å². The number of rotatable bonds is 9. The zero-order valence-electron chi connectivity index (χ0n) is 15.9. The Hall–Kier alpha value is -2.75. The number of ether oxygens (including phenoxy) is 1. The second-order valence-electron chi connectivity index (χ2n) is 6.92. The molecule has 2 aromatic carbocycles. The fourth-order valence-corrected chi connectivity index (χ4v) is 4.38. The van der Waals surface area contributed by atoms with Crippen molar-refractivity contribution in [1.82, 2.24) is 5.32 Å². The van der Waals surface area contributed by atoms with E-state index in [0.717, 1.165) is 5.56 Å². The lowest BCUT2D eigenvalue weighted by Crippen LogP contribution is -2.39. The quantitative estimate of drug-likeness (QED) is 0.406. The smallest absolute Gasteiger partial charge is 0.320 e. The molecule has 0 radical (unpaired) electrons. The van der Waals surface area contributed by atoms with Crippen molar-refractivity contribution in [3.05, 3.63) is 59.4 Å². The Kier molecular flexibility index (Phi) is 7.20. The van der Waals surface area contributed by atoms with Gasteiger partial charge in [-0.15, -0.1) is 11.8 Å². The minimum absolute atomic E-state index is 0.0163. The number of hydrogen-bond acceptors (Lipinski definition) is 7. The fourth-order valence-electron chi connectivity index (χ4n) is 3.15. The Morgan fingerprint density at radius 2 is 1.97 bits per heavy atom. The van der Waals surface area contributed by atoms with Crippen LogP contribution in [0, 0.1) is 5.82 Å². The van der Waals surface area contributed by atoms with Gasteiger partial charge in [-0.25, -0.2) is 4.39 Å². The van der Waals surface area contributed by atoms with Gasteiger partial charge in [-0.1, -0.05) is 18.2 Å². The van der Waals surface area contributed by atoms with Gasteiger partial charge in [0, 0.05) is 11.1 Å². The summed E-state index contributed by atoms with van der Waals surface area (Å²) in [5.74, 6) is -1.15. The molecule has 1 aliphatic rings. The van der Waals surface area contributed by atoms with Crippen LogP contribution >= 0.6 is 11.8 Å². The number of carboxylic acids is 1. The second kappa shape index (κ2) is 9.84. The summed E-state index contributed by atoms with van der Waals surface area (Å²) in [6, 6.07) is 9.70. The minimum atomic E-state index is -1.15. The number of Topliss-reactive ketones (excluding diaryl/α,β-unsaturated/α-hetero) is 1. The van der Waals surface area contributed by atoms with Crippen LogP contribution in [0.4, 0.5) is 4.39 Å². The van der Waals surface area contributed by atoms with Crippen LogP contribution in [0.15, 0.2) is 42.5 Å². The first kappa shape index (κ1) is 21.9. The standard InChI is InChI=1S/C21H21FN2O5S/c22-15-7-13(8-16(23)21(27)28)3-6-18(15)29-14-4-1-12(2-5-14)9-19-20(17(26)10-25)24-11-30-19/h1-7,10,16,19-20,24H,8-9,11,23H2,(H,27,28). The van der Waals surface area contributed by atoms with E-state index in [0.29, 0.717) is 29.9 Å². The van der Waals surface area contributed by atoms with Crippen molar-refractivity contribution in [2.45, 2.75) is 30.2 Å². The summed E-state index contributed by atoms with van der Waals surface area (Å²) in [5.41, 5.74) is 6.90. The van der Waals surface area contributed by atoms with Crippen LogP contribution in [0.25, 0.3) is 0 Å². The number of carbonyl (C=O) groups excluding carboxylic acids is 2. The van der Waals surface area contributed by atoms with Crippen molar-refractivity contribution in [1.29, 1.82) is 0 Å². The minimum Gasteiger partial charge on any atom is -0.480 e. The molecule has 0 amide bonds. The van der Waals surface area contributed by atoms with Crippen LogP contribution in [-0.4, -0.2) is 46.4 Å². The van der Waals surface area contributed by atoms with Crippen molar-refractivity contribution < 1.29 is 28.6 Å². The Morgan fingerprint density at radius 3 is 2.60 bits per heavy atom. The van der Waals surface area contributed by atoms with Gasteiger partial charge in [-0.05, 0) is 48.2 Å². The van der Waals surface area contributed by atoms with E-state index in [1.165, 1.54) is 12.1 Å². The normalized spacial score (nSPS) is 19.3. The summed E-state index contributed by atoms with van der Waals surface area (Å²) in [5, 5.41) is 11.8. The van der Waals surface area contributed by atoms with E-state index in [4.69, 9.17) is 15.6 Å². The van der Waals surface area contributed by atoms with Crippen LogP contribution in [0.5, 0.6) is 11.5 Å². The Bertz CT molecular complexity index is 937. The molecule has 0 bridgehead atoms. The number of benzene rings is 2. The van der Waals surface area contributed by atoms with Gasteiger partial charge >= 0.3 is 5.97 Å². The molecule has 3 atom stereocenters. The van der Waals surface area contributed by atoms with Crippen molar-refractivity contribution in [3.8, 4) is 11.5 Å². The summed E-state index contributed by atoms with van der Waals surface area (Å²) >= 11 is 1.59. The summed E-state index contributed by atoms with van der Waals surface area (Å²) < 4.78 is 19.9. The molecule has 2 aromatic rings. The highest BCUT2D eigenvalue weighted by Crippen LogP contribution is 2.28. The molecule has 0 aliphatic carbocycles. The first-order valence-electron chi connectivity index (χ1n) is 9.25. The number of aldehydes is 1. The lowest BCUT2D eigenvalue weighted by Gasteiger charge is -2.15. The average Bonchev–Trinajstić information content (AvgIpc) is 3.18. The Labute approximate surface area is 176 Å².